The van der Waals surface area contributed by atoms with E-state index < -0.39 is 0 Å². The number of hydrogen-bond donors (Lipinski definition) is 1. The van der Waals surface area contributed by atoms with Crippen LogP contribution in [0.15, 0.2) is 0 Å². The summed E-state index contributed by atoms with van der Waals surface area (Å²) in [6.07, 6.45) is 0.901. The van der Waals surface area contributed by atoms with Crippen molar-refractivity contribution < 1.29 is 9.53 Å². The molecular weight excluding hydrogens is 168 g/mol. The van der Waals surface area contributed by atoms with E-state index in [0.717, 1.165) is 19.5 Å². The summed E-state index contributed by atoms with van der Waals surface area (Å²) < 4.78 is 5.13. The molecule has 0 radical (unpaired) electrons. The van der Waals surface area contributed by atoms with E-state index in [0.29, 0.717) is 19.1 Å². The third-order valence-corrected chi connectivity index (χ3v) is 2.39. The zero-order chi connectivity index (χ0) is 9.68. The molecule has 1 atom stereocenters. The van der Waals surface area contributed by atoms with Crippen LogP contribution in [0.1, 0.15) is 13.3 Å². The highest BCUT2D eigenvalue weighted by Crippen LogP contribution is 2.07. The molecule has 0 bridgehead atoms. The largest absolute Gasteiger partial charge is 0.449 e. The van der Waals surface area contributed by atoms with Gasteiger partial charge in [-0.05, 0) is 19.9 Å². The van der Waals surface area contributed by atoms with Crippen LogP contribution in [0.5, 0.6) is 0 Å². The third-order valence-electron chi connectivity index (χ3n) is 2.39. The van der Waals surface area contributed by atoms with Crippen molar-refractivity contribution in [3.63, 3.8) is 0 Å². The lowest BCUT2D eigenvalue weighted by Gasteiger charge is -2.16. The first-order valence-corrected chi connectivity index (χ1v) is 4.82. The SMILES string of the molecule is CCN(C)C(=O)OCC1CCNC1. The maximum absolute atomic E-state index is 11.2. The molecule has 1 rings (SSSR count). The molecule has 76 valence electrons. The zero-order valence-electron chi connectivity index (χ0n) is 8.38. The van der Waals surface area contributed by atoms with E-state index in [4.69, 9.17) is 4.74 Å². The number of nitrogens with one attached hydrogen (secondary N) is 1. The molecule has 1 aliphatic heterocycles. The Morgan fingerprint density at radius 1 is 1.69 bits per heavy atom. The Labute approximate surface area is 79.2 Å². The predicted molar refractivity (Wildman–Crippen MR) is 50.6 cm³/mol. The normalized spacial score (nSPS) is 21.5. The van der Waals surface area contributed by atoms with Crippen LogP contribution in [0.2, 0.25) is 0 Å². The number of carbonyl (C=O) groups excluding carboxylic acids is 1. The molecule has 0 aliphatic carbocycles. The Balaban J connectivity index is 2.13. The third kappa shape index (κ3) is 3.22. The minimum Gasteiger partial charge on any atom is -0.449 e. The maximum Gasteiger partial charge on any atom is 0.409 e. The average molecular weight is 186 g/mol. The fourth-order valence-corrected chi connectivity index (χ4v) is 1.29. The Hall–Kier alpha value is -0.770. The van der Waals surface area contributed by atoms with Crippen LogP contribution in [0, 0.1) is 5.92 Å². The molecule has 1 amide bonds. The molecule has 13 heavy (non-hydrogen) atoms. The zero-order valence-corrected chi connectivity index (χ0v) is 8.38. The van der Waals surface area contributed by atoms with Gasteiger partial charge < -0.3 is 15.0 Å². The van der Waals surface area contributed by atoms with Crippen LogP contribution in [-0.2, 0) is 4.74 Å². The van der Waals surface area contributed by atoms with E-state index in [1.54, 1.807) is 11.9 Å². The second-order valence-electron chi connectivity index (χ2n) is 3.45. The Morgan fingerprint density at radius 3 is 3.00 bits per heavy atom. The standard InChI is InChI=1S/C9H18N2O2/c1-3-11(2)9(12)13-7-8-4-5-10-6-8/h8,10H,3-7H2,1-2H3. The molecule has 1 unspecified atom stereocenters. The minimum absolute atomic E-state index is 0.214. The monoisotopic (exact) mass is 186 g/mol. The quantitative estimate of drug-likeness (QED) is 0.705. The fraction of sp³-hybridized carbons (Fsp3) is 0.889. The van der Waals surface area contributed by atoms with Gasteiger partial charge >= 0.3 is 6.09 Å². The second-order valence-corrected chi connectivity index (χ2v) is 3.45. The van der Waals surface area contributed by atoms with Gasteiger partial charge in [0.1, 0.15) is 0 Å². The molecule has 4 heteroatoms. The summed E-state index contributed by atoms with van der Waals surface area (Å²) >= 11 is 0. The molecule has 0 aromatic rings. The summed E-state index contributed by atoms with van der Waals surface area (Å²) in [6, 6.07) is 0. The van der Waals surface area contributed by atoms with Crippen LogP contribution in [0.3, 0.4) is 0 Å². The number of ether oxygens (including phenoxy) is 1. The van der Waals surface area contributed by atoms with Crippen molar-refractivity contribution in [2.24, 2.45) is 5.92 Å². The summed E-state index contributed by atoms with van der Waals surface area (Å²) in [4.78, 5) is 12.8. The molecule has 1 N–H and O–H groups in total. The van der Waals surface area contributed by atoms with Crippen LogP contribution in [0.25, 0.3) is 0 Å². The van der Waals surface area contributed by atoms with E-state index in [-0.39, 0.29) is 6.09 Å². The van der Waals surface area contributed by atoms with Crippen LogP contribution < -0.4 is 5.32 Å². The average Bonchev–Trinajstić information content (AvgIpc) is 2.65. The van der Waals surface area contributed by atoms with Crippen molar-refractivity contribution in [1.29, 1.82) is 0 Å². The maximum atomic E-state index is 11.2. The topological polar surface area (TPSA) is 41.6 Å². The fourth-order valence-electron chi connectivity index (χ4n) is 1.29. The molecular formula is C9H18N2O2. The van der Waals surface area contributed by atoms with Gasteiger partial charge in [0, 0.05) is 26.1 Å². The Bertz CT molecular complexity index is 167. The van der Waals surface area contributed by atoms with Gasteiger partial charge in [-0.3, -0.25) is 0 Å². The molecule has 1 saturated heterocycles. The van der Waals surface area contributed by atoms with Gasteiger partial charge in [-0.15, -0.1) is 0 Å². The summed E-state index contributed by atoms with van der Waals surface area (Å²) in [5.74, 6) is 0.509. The molecule has 0 aromatic carbocycles. The highest BCUT2D eigenvalue weighted by atomic mass is 16.6. The van der Waals surface area contributed by atoms with Crippen molar-refractivity contribution in [2.45, 2.75) is 13.3 Å². The number of hydrogen-bond acceptors (Lipinski definition) is 3. The van der Waals surface area contributed by atoms with Gasteiger partial charge in [0.2, 0.25) is 0 Å². The second kappa shape index (κ2) is 5.07. The summed E-state index contributed by atoms with van der Waals surface area (Å²) in [5.41, 5.74) is 0. The number of amides is 1. The lowest BCUT2D eigenvalue weighted by atomic mass is 10.1. The Morgan fingerprint density at radius 2 is 2.46 bits per heavy atom. The molecule has 0 saturated carbocycles. The van der Waals surface area contributed by atoms with Gasteiger partial charge in [-0.2, -0.15) is 0 Å². The molecule has 1 fully saturated rings. The van der Waals surface area contributed by atoms with Gasteiger partial charge in [0.15, 0.2) is 0 Å². The van der Waals surface area contributed by atoms with Gasteiger partial charge in [-0.25, -0.2) is 4.79 Å². The van der Waals surface area contributed by atoms with Gasteiger partial charge in [0.25, 0.3) is 0 Å². The first-order chi connectivity index (χ1) is 6.24. The van der Waals surface area contributed by atoms with E-state index in [9.17, 15) is 4.79 Å². The first-order valence-electron chi connectivity index (χ1n) is 4.82. The molecule has 0 aromatic heterocycles. The summed E-state index contributed by atoms with van der Waals surface area (Å²) in [7, 11) is 1.75. The van der Waals surface area contributed by atoms with E-state index in [1.165, 1.54) is 0 Å². The van der Waals surface area contributed by atoms with Gasteiger partial charge in [-0.1, -0.05) is 0 Å². The number of rotatable bonds is 3. The number of carbonyl (C=O) groups is 1. The molecule has 0 spiro atoms. The summed E-state index contributed by atoms with van der Waals surface area (Å²) in [5, 5.41) is 3.23. The Kier molecular flexibility index (Phi) is 4.02. The van der Waals surface area contributed by atoms with Gasteiger partial charge in [0.05, 0.1) is 6.61 Å². The van der Waals surface area contributed by atoms with E-state index in [1.807, 2.05) is 6.92 Å². The molecule has 1 heterocycles. The van der Waals surface area contributed by atoms with Crippen molar-refractivity contribution in [3.8, 4) is 0 Å². The minimum atomic E-state index is -0.214. The van der Waals surface area contributed by atoms with Crippen molar-refractivity contribution in [3.05, 3.63) is 0 Å². The highest BCUT2D eigenvalue weighted by Gasteiger charge is 2.17. The predicted octanol–water partition coefficient (Wildman–Crippen LogP) is 0.684. The first kappa shape index (κ1) is 10.3. The van der Waals surface area contributed by atoms with Crippen molar-refractivity contribution >= 4 is 6.09 Å². The number of nitrogens with zero attached hydrogens (tertiary/aromatic N) is 1. The lowest BCUT2D eigenvalue weighted by Crippen LogP contribution is -2.29. The van der Waals surface area contributed by atoms with Crippen LogP contribution in [0.4, 0.5) is 4.79 Å². The highest BCUT2D eigenvalue weighted by molar-refractivity contribution is 5.67. The van der Waals surface area contributed by atoms with Crippen molar-refractivity contribution in [1.82, 2.24) is 10.2 Å². The molecule has 4 nitrogen and oxygen atoms in total. The van der Waals surface area contributed by atoms with E-state index >= 15 is 0 Å². The smallest absolute Gasteiger partial charge is 0.409 e. The van der Waals surface area contributed by atoms with Crippen LogP contribution >= 0.6 is 0 Å². The lowest BCUT2D eigenvalue weighted by molar-refractivity contribution is 0.0992. The summed E-state index contributed by atoms with van der Waals surface area (Å²) in [6.45, 7) is 5.20. The van der Waals surface area contributed by atoms with E-state index in [2.05, 4.69) is 5.32 Å². The van der Waals surface area contributed by atoms with Crippen molar-refractivity contribution in [2.75, 3.05) is 33.3 Å². The van der Waals surface area contributed by atoms with Crippen LogP contribution in [-0.4, -0.2) is 44.3 Å². The molecule has 1 aliphatic rings.